The first-order chi connectivity index (χ1) is 11.2. The van der Waals surface area contributed by atoms with Crippen LogP contribution >= 0.6 is 0 Å². The molecule has 1 heterocycles. The predicted molar refractivity (Wildman–Crippen MR) is 95.7 cm³/mol. The van der Waals surface area contributed by atoms with Crippen LogP contribution in [-0.4, -0.2) is 37.1 Å². The van der Waals surface area contributed by atoms with E-state index in [-0.39, 0.29) is 0 Å². The molecule has 0 atom stereocenters. The van der Waals surface area contributed by atoms with E-state index in [0.717, 1.165) is 37.0 Å². The van der Waals surface area contributed by atoms with Crippen LogP contribution in [0, 0.1) is 17.2 Å². The minimum Gasteiger partial charge on any atom is -0.369 e. The van der Waals surface area contributed by atoms with Gasteiger partial charge in [-0.05, 0) is 61.8 Å². The van der Waals surface area contributed by atoms with Gasteiger partial charge in [0.05, 0.1) is 11.6 Å². The third kappa shape index (κ3) is 3.70. The fourth-order valence-corrected chi connectivity index (χ4v) is 4.13. The number of rotatable bonds is 3. The van der Waals surface area contributed by atoms with Crippen LogP contribution in [0.15, 0.2) is 18.2 Å². The van der Waals surface area contributed by atoms with E-state index < -0.39 is 0 Å². The second kappa shape index (κ2) is 7.36. The lowest BCUT2D eigenvalue weighted by molar-refractivity contribution is 0.133. The molecule has 3 heteroatoms. The molecule has 1 aliphatic heterocycles. The molecule has 1 aromatic carbocycles. The lowest BCUT2D eigenvalue weighted by Gasteiger charge is -2.42. The molecular formula is C20H29N3. The molecule has 0 unspecified atom stereocenters. The molecule has 0 N–H and O–H groups in total. The zero-order valence-electron chi connectivity index (χ0n) is 14.6. The van der Waals surface area contributed by atoms with Gasteiger partial charge in [0, 0.05) is 37.9 Å². The molecule has 3 nitrogen and oxygen atoms in total. The van der Waals surface area contributed by atoms with Gasteiger partial charge in [0.25, 0.3) is 0 Å². The zero-order chi connectivity index (χ0) is 16.2. The van der Waals surface area contributed by atoms with Crippen LogP contribution in [0.4, 0.5) is 5.69 Å². The molecule has 0 radical (unpaired) electrons. The summed E-state index contributed by atoms with van der Waals surface area (Å²) in [7, 11) is 0. The van der Waals surface area contributed by atoms with Crippen molar-refractivity contribution in [2.45, 2.75) is 52.0 Å². The maximum atomic E-state index is 9.18. The molecular weight excluding hydrogens is 282 g/mol. The highest BCUT2D eigenvalue weighted by molar-refractivity contribution is 5.54. The van der Waals surface area contributed by atoms with Crippen molar-refractivity contribution >= 4 is 5.69 Å². The van der Waals surface area contributed by atoms with Gasteiger partial charge in [0.2, 0.25) is 0 Å². The summed E-state index contributed by atoms with van der Waals surface area (Å²) in [4.78, 5) is 5.20. The molecule has 124 valence electrons. The van der Waals surface area contributed by atoms with Crippen LogP contribution in [0.25, 0.3) is 0 Å². The molecule has 1 saturated heterocycles. The molecule has 3 rings (SSSR count). The molecule has 0 aromatic heterocycles. The molecule has 0 spiro atoms. The van der Waals surface area contributed by atoms with E-state index in [1.165, 1.54) is 50.0 Å². The average Bonchev–Trinajstić information content (AvgIpc) is 2.62. The lowest BCUT2D eigenvalue weighted by Crippen LogP contribution is -2.51. The number of hydrogen-bond donors (Lipinski definition) is 0. The summed E-state index contributed by atoms with van der Waals surface area (Å²) in [6, 6.07) is 9.45. The third-order valence-electron chi connectivity index (χ3n) is 5.77. The first-order valence-electron chi connectivity index (χ1n) is 9.23. The van der Waals surface area contributed by atoms with Crippen molar-refractivity contribution in [2.24, 2.45) is 5.92 Å². The second-order valence-electron chi connectivity index (χ2n) is 7.24. The molecule has 1 saturated carbocycles. The van der Waals surface area contributed by atoms with Crippen LogP contribution in [0.2, 0.25) is 0 Å². The summed E-state index contributed by atoms with van der Waals surface area (Å²) >= 11 is 0. The summed E-state index contributed by atoms with van der Waals surface area (Å²) < 4.78 is 0. The number of nitriles is 1. The van der Waals surface area contributed by atoms with Gasteiger partial charge >= 0.3 is 0 Å². The molecule has 1 aromatic rings. The van der Waals surface area contributed by atoms with Crippen LogP contribution in [0.3, 0.4) is 0 Å². The quantitative estimate of drug-likeness (QED) is 0.850. The summed E-state index contributed by atoms with van der Waals surface area (Å²) in [5, 5.41) is 9.18. The van der Waals surface area contributed by atoms with Gasteiger partial charge in [-0.15, -0.1) is 0 Å². The minimum atomic E-state index is 0.820. The van der Waals surface area contributed by atoms with Crippen LogP contribution < -0.4 is 4.90 Å². The Morgan fingerprint density at radius 3 is 2.39 bits per heavy atom. The highest BCUT2D eigenvalue weighted by atomic mass is 15.3. The van der Waals surface area contributed by atoms with Crippen LogP contribution in [0.1, 0.15) is 50.7 Å². The van der Waals surface area contributed by atoms with E-state index in [9.17, 15) is 5.26 Å². The third-order valence-corrected chi connectivity index (χ3v) is 5.77. The van der Waals surface area contributed by atoms with Crippen molar-refractivity contribution in [3.8, 4) is 6.07 Å². The number of benzene rings is 1. The van der Waals surface area contributed by atoms with Gasteiger partial charge in [-0.3, -0.25) is 4.90 Å². The number of piperazine rings is 1. The Bertz CT molecular complexity index is 559. The smallest absolute Gasteiger partial charge is 0.0994 e. The number of nitrogens with zero attached hydrogens (tertiary/aromatic N) is 3. The van der Waals surface area contributed by atoms with Crippen molar-refractivity contribution in [1.29, 1.82) is 5.26 Å². The van der Waals surface area contributed by atoms with Gasteiger partial charge in [0.1, 0.15) is 0 Å². The van der Waals surface area contributed by atoms with E-state index in [1.54, 1.807) is 0 Å². The monoisotopic (exact) mass is 311 g/mol. The van der Waals surface area contributed by atoms with Crippen molar-refractivity contribution in [2.75, 3.05) is 31.1 Å². The number of anilines is 1. The maximum Gasteiger partial charge on any atom is 0.0994 e. The number of hydrogen-bond acceptors (Lipinski definition) is 3. The van der Waals surface area contributed by atoms with E-state index in [2.05, 4.69) is 41.8 Å². The Balaban J connectivity index is 1.60. The largest absolute Gasteiger partial charge is 0.369 e. The normalized spacial score (nSPS) is 26.0. The fraction of sp³-hybridized carbons (Fsp3) is 0.650. The SMILES string of the molecule is CCc1cc(N2CCN(C3CCC(C)CC3)CC2)ccc1C#N. The van der Waals surface area contributed by atoms with Crippen molar-refractivity contribution < 1.29 is 0 Å². The highest BCUT2D eigenvalue weighted by Crippen LogP contribution is 2.28. The summed E-state index contributed by atoms with van der Waals surface area (Å²) in [5.74, 6) is 0.929. The summed E-state index contributed by atoms with van der Waals surface area (Å²) in [6.07, 6.45) is 6.51. The first-order valence-corrected chi connectivity index (χ1v) is 9.23. The van der Waals surface area contributed by atoms with Gasteiger partial charge in [0.15, 0.2) is 0 Å². The maximum absolute atomic E-state index is 9.18. The van der Waals surface area contributed by atoms with Gasteiger partial charge in [-0.1, -0.05) is 13.8 Å². The average molecular weight is 311 g/mol. The molecule has 2 fully saturated rings. The van der Waals surface area contributed by atoms with E-state index in [4.69, 9.17) is 0 Å². The van der Waals surface area contributed by atoms with Crippen LogP contribution in [-0.2, 0) is 6.42 Å². The van der Waals surface area contributed by atoms with E-state index in [1.807, 2.05) is 6.07 Å². The van der Waals surface area contributed by atoms with Crippen molar-refractivity contribution in [3.63, 3.8) is 0 Å². The molecule has 0 amide bonds. The zero-order valence-corrected chi connectivity index (χ0v) is 14.6. The van der Waals surface area contributed by atoms with E-state index >= 15 is 0 Å². The summed E-state index contributed by atoms with van der Waals surface area (Å²) in [6.45, 7) is 9.11. The molecule has 0 bridgehead atoms. The van der Waals surface area contributed by atoms with Gasteiger partial charge in [-0.2, -0.15) is 5.26 Å². The molecule has 23 heavy (non-hydrogen) atoms. The Morgan fingerprint density at radius 1 is 1.09 bits per heavy atom. The minimum absolute atomic E-state index is 0.820. The van der Waals surface area contributed by atoms with E-state index in [0.29, 0.717) is 0 Å². The second-order valence-corrected chi connectivity index (χ2v) is 7.24. The number of aryl methyl sites for hydroxylation is 1. The van der Waals surface area contributed by atoms with Gasteiger partial charge < -0.3 is 4.90 Å². The Kier molecular flexibility index (Phi) is 5.23. The van der Waals surface area contributed by atoms with Crippen LogP contribution in [0.5, 0.6) is 0 Å². The Hall–Kier alpha value is -1.53. The topological polar surface area (TPSA) is 30.3 Å². The molecule has 1 aliphatic carbocycles. The fourth-order valence-electron chi connectivity index (χ4n) is 4.13. The van der Waals surface area contributed by atoms with Gasteiger partial charge in [-0.25, -0.2) is 0 Å². The van der Waals surface area contributed by atoms with Crippen molar-refractivity contribution in [1.82, 2.24) is 4.90 Å². The lowest BCUT2D eigenvalue weighted by atomic mass is 9.86. The highest BCUT2D eigenvalue weighted by Gasteiger charge is 2.27. The Labute approximate surface area is 140 Å². The summed E-state index contributed by atoms with van der Waals surface area (Å²) in [5.41, 5.74) is 3.29. The van der Waals surface area contributed by atoms with Crippen molar-refractivity contribution in [3.05, 3.63) is 29.3 Å². The first kappa shape index (κ1) is 16.3. The predicted octanol–water partition coefficient (Wildman–Crippen LogP) is 3.82. The standard InChI is InChI=1S/C20H29N3/c1-3-17-14-20(9-6-18(17)15-21)23-12-10-22(11-13-23)19-7-4-16(2)5-8-19/h6,9,14,16,19H,3-5,7-8,10-13H2,1-2H3. The molecule has 2 aliphatic rings. The Morgan fingerprint density at radius 2 is 1.78 bits per heavy atom.